The van der Waals surface area contributed by atoms with Crippen molar-refractivity contribution in [2.24, 2.45) is 0 Å². The second kappa shape index (κ2) is 7.21. The molecule has 2 rings (SSSR count). The Labute approximate surface area is 113 Å². The largest absolute Gasteiger partial charge is 0.315 e. The van der Waals surface area contributed by atoms with E-state index in [1.807, 2.05) is 12.1 Å². The third-order valence-corrected chi connectivity index (χ3v) is 3.52. The number of nitro groups is 1. The third kappa shape index (κ3) is 4.61. The molecule has 1 fully saturated rings. The number of nitro benzene ring substituents is 1. The molecular formula is C14H21N3O2. The van der Waals surface area contributed by atoms with E-state index < -0.39 is 0 Å². The lowest BCUT2D eigenvalue weighted by Crippen LogP contribution is -2.29. The predicted molar refractivity (Wildman–Crippen MR) is 75.3 cm³/mol. The molecule has 19 heavy (non-hydrogen) atoms. The highest BCUT2D eigenvalue weighted by atomic mass is 16.6. The fourth-order valence-corrected chi connectivity index (χ4v) is 2.42. The van der Waals surface area contributed by atoms with Crippen molar-refractivity contribution in [2.75, 3.05) is 32.7 Å². The van der Waals surface area contributed by atoms with Crippen molar-refractivity contribution in [3.63, 3.8) is 0 Å². The summed E-state index contributed by atoms with van der Waals surface area (Å²) in [5.41, 5.74) is 1.35. The zero-order valence-electron chi connectivity index (χ0n) is 11.2. The summed E-state index contributed by atoms with van der Waals surface area (Å²) in [4.78, 5) is 12.7. The van der Waals surface area contributed by atoms with E-state index in [1.165, 1.54) is 18.5 Å². The number of non-ortho nitro benzene ring substituents is 1. The monoisotopic (exact) mass is 263 g/mol. The Kier molecular flexibility index (Phi) is 5.30. The van der Waals surface area contributed by atoms with E-state index in [4.69, 9.17) is 0 Å². The number of nitrogens with zero attached hydrogens (tertiary/aromatic N) is 2. The van der Waals surface area contributed by atoms with Crippen LogP contribution < -0.4 is 5.32 Å². The first kappa shape index (κ1) is 14.0. The normalized spacial score (nSPS) is 17.1. The number of hydrogen-bond donors (Lipinski definition) is 1. The fourth-order valence-electron chi connectivity index (χ4n) is 2.42. The quantitative estimate of drug-likeness (QED) is 0.650. The molecule has 1 aliphatic rings. The van der Waals surface area contributed by atoms with Crippen LogP contribution in [0.3, 0.4) is 0 Å². The van der Waals surface area contributed by atoms with Gasteiger partial charge in [-0.2, -0.15) is 0 Å². The second-order valence-corrected chi connectivity index (χ2v) is 4.97. The van der Waals surface area contributed by atoms with Crippen LogP contribution in [0.15, 0.2) is 24.3 Å². The molecule has 0 bridgehead atoms. The van der Waals surface area contributed by atoms with Crippen LogP contribution in [0.4, 0.5) is 5.69 Å². The molecule has 1 saturated heterocycles. The van der Waals surface area contributed by atoms with Crippen LogP contribution in [0.2, 0.25) is 0 Å². The van der Waals surface area contributed by atoms with Gasteiger partial charge in [0.25, 0.3) is 5.69 Å². The summed E-state index contributed by atoms with van der Waals surface area (Å²) in [5, 5.41) is 14.0. The Bertz CT molecular complexity index is 398. The number of aryl methyl sites for hydroxylation is 1. The summed E-state index contributed by atoms with van der Waals surface area (Å²) in [7, 11) is 0. The van der Waals surface area contributed by atoms with E-state index in [9.17, 15) is 10.1 Å². The Morgan fingerprint density at radius 1 is 1.21 bits per heavy atom. The third-order valence-electron chi connectivity index (χ3n) is 3.52. The van der Waals surface area contributed by atoms with Crippen LogP contribution >= 0.6 is 0 Å². The lowest BCUT2D eigenvalue weighted by Gasteiger charge is -2.18. The Morgan fingerprint density at radius 2 is 2.00 bits per heavy atom. The van der Waals surface area contributed by atoms with Gasteiger partial charge in [-0.15, -0.1) is 0 Å². The van der Waals surface area contributed by atoms with E-state index in [2.05, 4.69) is 10.2 Å². The van der Waals surface area contributed by atoms with Crippen LogP contribution in [0, 0.1) is 10.1 Å². The van der Waals surface area contributed by atoms with Gasteiger partial charge in [0, 0.05) is 25.2 Å². The molecule has 0 aromatic heterocycles. The minimum Gasteiger partial charge on any atom is -0.315 e. The topological polar surface area (TPSA) is 58.4 Å². The Balaban J connectivity index is 1.74. The Morgan fingerprint density at radius 3 is 2.74 bits per heavy atom. The van der Waals surface area contributed by atoms with Crippen LogP contribution in [0.1, 0.15) is 18.4 Å². The molecule has 1 aromatic rings. The zero-order chi connectivity index (χ0) is 13.5. The molecule has 1 aromatic carbocycles. The lowest BCUT2D eigenvalue weighted by atomic mass is 10.1. The van der Waals surface area contributed by atoms with Gasteiger partial charge < -0.3 is 10.2 Å². The van der Waals surface area contributed by atoms with Gasteiger partial charge in [0.15, 0.2) is 0 Å². The molecule has 1 aliphatic heterocycles. The molecule has 1 heterocycles. The van der Waals surface area contributed by atoms with Crippen LogP contribution in [0.25, 0.3) is 0 Å². The number of nitrogens with one attached hydrogen (secondary N) is 1. The molecule has 0 saturated carbocycles. The molecule has 5 nitrogen and oxygen atoms in total. The van der Waals surface area contributed by atoms with Gasteiger partial charge in [-0.25, -0.2) is 0 Å². The smallest absolute Gasteiger partial charge is 0.269 e. The van der Waals surface area contributed by atoms with Gasteiger partial charge in [0.2, 0.25) is 0 Å². The van der Waals surface area contributed by atoms with Gasteiger partial charge >= 0.3 is 0 Å². The first-order valence-corrected chi connectivity index (χ1v) is 6.92. The molecular weight excluding hydrogens is 242 g/mol. The minimum absolute atomic E-state index is 0.169. The van der Waals surface area contributed by atoms with Crippen molar-refractivity contribution in [3.8, 4) is 0 Å². The maximum absolute atomic E-state index is 10.6. The summed E-state index contributed by atoms with van der Waals surface area (Å²) in [5.74, 6) is 0. The van der Waals surface area contributed by atoms with Crippen LogP contribution in [-0.2, 0) is 6.42 Å². The molecule has 0 amide bonds. The highest BCUT2D eigenvalue weighted by Crippen LogP contribution is 2.13. The van der Waals surface area contributed by atoms with Gasteiger partial charge in [0.05, 0.1) is 4.92 Å². The molecule has 1 N–H and O–H groups in total. The number of benzene rings is 1. The number of rotatable bonds is 5. The predicted octanol–water partition coefficient (Wildman–Crippen LogP) is 1.82. The molecule has 0 aliphatic carbocycles. The van der Waals surface area contributed by atoms with Crippen molar-refractivity contribution in [2.45, 2.75) is 19.3 Å². The van der Waals surface area contributed by atoms with E-state index >= 15 is 0 Å². The minimum atomic E-state index is -0.353. The summed E-state index contributed by atoms with van der Waals surface area (Å²) in [6.45, 7) is 5.61. The maximum Gasteiger partial charge on any atom is 0.269 e. The van der Waals surface area contributed by atoms with E-state index in [0.717, 1.165) is 39.0 Å². The summed E-state index contributed by atoms with van der Waals surface area (Å²) in [6, 6.07) is 6.90. The standard InChI is InChI=1S/C14H21N3O2/c18-17(19)14-6-4-13(5-7-14)3-1-10-16-11-2-8-15-9-12-16/h4-7,15H,1-3,8-12H2. The molecule has 104 valence electrons. The second-order valence-electron chi connectivity index (χ2n) is 4.97. The van der Waals surface area contributed by atoms with Crippen LogP contribution in [0.5, 0.6) is 0 Å². The lowest BCUT2D eigenvalue weighted by molar-refractivity contribution is -0.384. The first-order chi connectivity index (χ1) is 9.25. The van der Waals surface area contributed by atoms with Crippen molar-refractivity contribution in [3.05, 3.63) is 39.9 Å². The van der Waals surface area contributed by atoms with Crippen molar-refractivity contribution < 1.29 is 4.92 Å². The summed E-state index contributed by atoms with van der Waals surface area (Å²) >= 11 is 0. The molecule has 0 unspecified atom stereocenters. The highest BCUT2D eigenvalue weighted by Gasteiger charge is 2.08. The van der Waals surface area contributed by atoms with Crippen molar-refractivity contribution in [1.29, 1.82) is 0 Å². The van der Waals surface area contributed by atoms with Crippen molar-refractivity contribution >= 4 is 5.69 Å². The van der Waals surface area contributed by atoms with Gasteiger partial charge in [0.1, 0.15) is 0 Å². The summed E-state index contributed by atoms with van der Waals surface area (Å²) < 4.78 is 0. The van der Waals surface area contributed by atoms with Crippen LogP contribution in [-0.4, -0.2) is 42.5 Å². The number of hydrogen-bond acceptors (Lipinski definition) is 4. The molecule has 0 spiro atoms. The molecule has 5 heteroatoms. The van der Waals surface area contributed by atoms with Crippen molar-refractivity contribution in [1.82, 2.24) is 10.2 Å². The molecule has 0 atom stereocenters. The average molecular weight is 263 g/mol. The van der Waals surface area contributed by atoms with Gasteiger partial charge in [-0.3, -0.25) is 10.1 Å². The summed E-state index contributed by atoms with van der Waals surface area (Å²) in [6.07, 6.45) is 3.32. The Hall–Kier alpha value is -1.46. The van der Waals surface area contributed by atoms with Gasteiger partial charge in [-0.1, -0.05) is 12.1 Å². The fraction of sp³-hybridized carbons (Fsp3) is 0.571. The zero-order valence-corrected chi connectivity index (χ0v) is 11.2. The van der Waals surface area contributed by atoms with E-state index in [-0.39, 0.29) is 10.6 Å². The first-order valence-electron chi connectivity index (χ1n) is 6.92. The molecule has 0 radical (unpaired) electrons. The SMILES string of the molecule is O=[N+]([O-])c1ccc(CCCN2CCCNCC2)cc1. The van der Waals surface area contributed by atoms with E-state index in [0.29, 0.717) is 0 Å². The highest BCUT2D eigenvalue weighted by molar-refractivity contribution is 5.32. The maximum atomic E-state index is 10.6. The van der Waals surface area contributed by atoms with E-state index in [1.54, 1.807) is 12.1 Å². The van der Waals surface area contributed by atoms with Gasteiger partial charge in [-0.05, 0) is 44.5 Å². The average Bonchev–Trinajstić information content (AvgIpc) is 2.68.